The van der Waals surface area contributed by atoms with Gasteiger partial charge in [0.15, 0.2) is 15.6 Å². The van der Waals surface area contributed by atoms with E-state index in [1.54, 1.807) is 32.2 Å². The van der Waals surface area contributed by atoms with Crippen LogP contribution in [0.2, 0.25) is 0 Å². The van der Waals surface area contributed by atoms with Crippen LogP contribution in [0.15, 0.2) is 65.6 Å². The van der Waals surface area contributed by atoms with Gasteiger partial charge in [-0.2, -0.15) is 5.10 Å². The number of sulfone groups is 1. The number of hydrogen-bond donors (Lipinski definition) is 1. The minimum absolute atomic E-state index is 0.0171. The molecule has 1 aromatic heterocycles. The summed E-state index contributed by atoms with van der Waals surface area (Å²) in [5.41, 5.74) is 2.73. The van der Waals surface area contributed by atoms with E-state index >= 15 is 0 Å². The third-order valence-corrected chi connectivity index (χ3v) is 6.98. The lowest BCUT2D eigenvalue weighted by Gasteiger charge is -2.15. The molecular weight excluding hydrogens is 468 g/mol. The molecule has 0 fully saturated rings. The average molecular weight is 499 g/mol. The van der Waals surface area contributed by atoms with Crippen molar-refractivity contribution in [3.63, 3.8) is 0 Å². The molecule has 0 saturated heterocycles. The van der Waals surface area contributed by atoms with Crippen LogP contribution < -0.4 is 5.32 Å². The predicted molar refractivity (Wildman–Crippen MR) is 133 cm³/mol. The summed E-state index contributed by atoms with van der Waals surface area (Å²) >= 11 is 0. The van der Waals surface area contributed by atoms with Crippen LogP contribution in [0.1, 0.15) is 29.0 Å². The molecule has 3 rings (SSSR count). The van der Waals surface area contributed by atoms with Crippen molar-refractivity contribution in [2.75, 3.05) is 33.0 Å². The standard InChI is InChI=1S/C25H30N4O5S/c1-18(26-25(31)23-16-22(27-29(23)4)20-8-6-5-7-9-20)19-10-12-21(13-11-19)35(32,33)17-24(30)34-15-14-28(2)3/h5-13,16,18H,14-15,17H2,1-4H3,(H,26,31). The number of benzene rings is 2. The molecule has 0 radical (unpaired) electrons. The van der Waals surface area contributed by atoms with E-state index in [0.29, 0.717) is 17.9 Å². The maximum absolute atomic E-state index is 12.8. The lowest BCUT2D eigenvalue weighted by atomic mass is 10.1. The molecule has 35 heavy (non-hydrogen) atoms. The van der Waals surface area contributed by atoms with Crippen molar-refractivity contribution in [3.8, 4) is 11.3 Å². The number of rotatable bonds is 10. The Labute approximate surface area is 205 Å². The van der Waals surface area contributed by atoms with Crippen LogP contribution in [-0.4, -0.2) is 68.0 Å². The number of nitrogens with zero attached hydrogens (tertiary/aromatic N) is 3. The Bertz CT molecular complexity index is 1270. The molecule has 186 valence electrons. The first-order chi connectivity index (χ1) is 16.6. The molecule has 0 saturated carbocycles. The van der Waals surface area contributed by atoms with Gasteiger partial charge in [-0.15, -0.1) is 0 Å². The maximum atomic E-state index is 12.8. The van der Waals surface area contributed by atoms with Gasteiger partial charge < -0.3 is 15.0 Å². The summed E-state index contributed by atoms with van der Waals surface area (Å²) in [6.07, 6.45) is 0. The van der Waals surface area contributed by atoms with Gasteiger partial charge >= 0.3 is 5.97 Å². The van der Waals surface area contributed by atoms with Crippen molar-refractivity contribution in [2.45, 2.75) is 17.9 Å². The van der Waals surface area contributed by atoms with Gasteiger partial charge in [-0.05, 0) is 44.8 Å². The monoisotopic (exact) mass is 498 g/mol. The van der Waals surface area contributed by atoms with Crippen molar-refractivity contribution in [2.24, 2.45) is 7.05 Å². The van der Waals surface area contributed by atoms with Crippen molar-refractivity contribution >= 4 is 21.7 Å². The summed E-state index contributed by atoms with van der Waals surface area (Å²) in [6, 6.07) is 17.0. The SMILES string of the molecule is CC(NC(=O)c1cc(-c2ccccc2)nn1C)c1ccc(S(=O)(=O)CC(=O)OCCN(C)C)cc1. The van der Waals surface area contributed by atoms with E-state index in [1.165, 1.54) is 16.8 Å². The highest BCUT2D eigenvalue weighted by molar-refractivity contribution is 7.92. The second-order valence-corrected chi connectivity index (χ2v) is 10.4. The molecule has 0 aliphatic carbocycles. The molecule has 1 heterocycles. The number of aryl methyl sites for hydroxylation is 1. The van der Waals surface area contributed by atoms with Crippen LogP contribution >= 0.6 is 0 Å². The van der Waals surface area contributed by atoms with Crippen molar-refractivity contribution < 1.29 is 22.7 Å². The fraction of sp³-hybridized carbons (Fsp3) is 0.320. The number of nitrogens with one attached hydrogen (secondary N) is 1. The van der Waals surface area contributed by atoms with E-state index in [2.05, 4.69) is 10.4 Å². The number of carbonyl (C=O) groups is 2. The van der Waals surface area contributed by atoms with Gasteiger partial charge in [0, 0.05) is 19.2 Å². The quantitative estimate of drug-likeness (QED) is 0.428. The van der Waals surface area contributed by atoms with E-state index in [4.69, 9.17) is 4.74 Å². The van der Waals surface area contributed by atoms with Gasteiger partial charge in [0.05, 0.1) is 16.6 Å². The van der Waals surface area contributed by atoms with Crippen molar-refractivity contribution in [3.05, 3.63) is 71.9 Å². The molecule has 10 heteroatoms. The number of likely N-dealkylation sites (N-methyl/N-ethyl adjacent to an activating group) is 1. The second kappa shape index (κ2) is 11.3. The molecule has 2 aromatic carbocycles. The molecule has 1 N–H and O–H groups in total. The first-order valence-electron chi connectivity index (χ1n) is 11.1. The topological polar surface area (TPSA) is 111 Å². The summed E-state index contributed by atoms with van der Waals surface area (Å²) < 4.78 is 31.6. The smallest absolute Gasteiger partial charge is 0.321 e. The van der Waals surface area contributed by atoms with Crippen molar-refractivity contribution in [1.29, 1.82) is 0 Å². The van der Waals surface area contributed by atoms with E-state index in [-0.39, 0.29) is 23.5 Å². The molecule has 0 bridgehead atoms. The lowest BCUT2D eigenvalue weighted by Crippen LogP contribution is -2.28. The highest BCUT2D eigenvalue weighted by atomic mass is 32.2. The Balaban J connectivity index is 1.63. The largest absolute Gasteiger partial charge is 0.464 e. The molecule has 1 unspecified atom stereocenters. The number of aromatic nitrogens is 2. The van der Waals surface area contributed by atoms with Crippen LogP contribution in [-0.2, 0) is 26.4 Å². The maximum Gasteiger partial charge on any atom is 0.321 e. The van der Waals surface area contributed by atoms with Crippen LogP contribution in [0, 0.1) is 0 Å². The third kappa shape index (κ3) is 7.00. The number of esters is 1. The molecule has 0 spiro atoms. The zero-order valence-electron chi connectivity index (χ0n) is 20.3. The molecule has 1 amide bonds. The fourth-order valence-corrected chi connectivity index (χ4v) is 4.48. The number of hydrogen-bond acceptors (Lipinski definition) is 7. The highest BCUT2D eigenvalue weighted by Gasteiger charge is 2.22. The van der Waals surface area contributed by atoms with Crippen LogP contribution in [0.25, 0.3) is 11.3 Å². The summed E-state index contributed by atoms with van der Waals surface area (Å²) in [5, 5.41) is 7.33. The molecule has 9 nitrogen and oxygen atoms in total. The fourth-order valence-electron chi connectivity index (χ4n) is 3.37. The first-order valence-corrected chi connectivity index (χ1v) is 12.8. The normalized spacial score (nSPS) is 12.4. The van der Waals surface area contributed by atoms with E-state index in [0.717, 1.165) is 11.1 Å². The van der Waals surface area contributed by atoms with Gasteiger partial charge in [0.25, 0.3) is 5.91 Å². The molecular formula is C25H30N4O5S. The van der Waals surface area contributed by atoms with Gasteiger partial charge in [-0.3, -0.25) is 14.3 Å². The number of ether oxygens (including phenoxy) is 1. The Morgan fingerprint density at radius 2 is 1.74 bits per heavy atom. The molecule has 0 aliphatic heterocycles. The van der Waals surface area contributed by atoms with Crippen LogP contribution in [0.3, 0.4) is 0 Å². The zero-order valence-corrected chi connectivity index (χ0v) is 21.1. The Kier molecular flexibility index (Phi) is 8.42. The molecule has 0 aliphatic rings. The second-order valence-electron chi connectivity index (χ2n) is 8.45. The first kappa shape index (κ1) is 26.1. The Morgan fingerprint density at radius 3 is 2.37 bits per heavy atom. The number of carbonyl (C=O) groups excluding carboxylic acids is 2. The van der Waals surface area contributed by atoms with Crippen molar-refractivity contribution in [1.82, 2.24) is 20.0 Å². The number of amides is 1. The summed E-state index contributed by atoms with van der Waals surface area (Å²) in [5.74, 6) is -1.81. The summed E-state index contributed by atoms with van der Waals surface area (Å²) in [4.78, 5) is 26.6. The van der Waals surface area contributed by atoms with Gasteiger partial charge in [0.2, 0.25) is 0 Å². The average Bonchev–Trinajstić information content (AvgIpc) is 3.21. The highest BCUT2D eigenvalue weighted by Crippen LogP contribution is 2.20. The minimum Gasteiger partial charge on any atom is -0.464 e. The Hall–Kier alpha value is -3.50. The summed E-state index contributed by atoms with van der Waals surface area (Å²) in [7, 11) is 1.53. The van der Waals surface area contributed by atoms with Gasteiger partial charge in [0.1, 0.15) is 12.3 Å². The van der Waals surface area contributed by atoms with E-state index in [9.17, 15) is 18.0 Å². The van der Waals surface area contributed by atoms with E-state index in [1.807, 2.05) is 49.3 Å². The third-order valence-electron chi connectivity index (χ3n) is 5.38. The molecule has 1 atom stereocenters. The van der Waals surface area contributed by atoms with Gasteiger partial charge in [-0.1, -0.05) is 42.5 Å². The van der Waals surface area contributed by atoms with Gasteiger partial charge in [-0.25, -0.2) is 8.42 Å². The lowest BCUT2D eigenvalue weighted by molar-refractivity contribution is -0.140. The minimum atomic E-state index is -3.84. The summed E-state index contributed by atoms with van der Waals surface area (Å²) in [6.45, 7) is 2.44. The zero-order chi connectivity index (χ0) is 25.6. The van der Waals surface area contributed by atoms with Crippen LogP contribution in [0.4, 0.5) is 0 Å². The molecule has 3 aromatic rings. The Morgan fingerprint density at radius 1 is 1.09 bits per heavy atom. The predicted octanol–water partition coefficient (Wildman–Crippen LogP) is 2.46. The van der Waals surface area contributed by atoms with Crippen LogP contribution in [0.5, 0.6) is 0 Å². The van der Waals surface area contributed by atoms with E-state index < -0.39 is 21.6 Å².